The molecular formula is C24H19F3N4O3. The average Bonchev–Trinajstić information content (AvgIpc) is 3.25. The summed E-state index contributed by atoms with van der Waals surface area (Å²) >= 11 is 0. The smallest absolute Gasteiger partial charge is 0.417 e. The third-order valence-corrected chi connectivity index (χ3v) is 5.17. The van der Waals surface area contributed by atoms with Crippen LogP contribution in [-0.2, 0) is 22.8 Å². The van der Waals surface area contributed by atoms with E-state index in [0.717, 1.165) is 11.8 Å². The van der Waals surface area contributed by atoms with Crippen molar-refractivity contribution in [3.05, 3.63) is 95.7 Å². The summed E-state index contributed by atoms with van der Waals surface area (Å²) in [6.07, 6.45) is -0.729. The molecule has 0 aliphatic heterocycles. The molecule has 0 aliphatic carbocycles. The Balaban J connectivity index is 1.54. The summed E-state index contributed by atoms with van der Waals surface area (Å²) in [6.45, 7) is -0.781. The Hall–Kier alpha value is -4.21. The molecule has 174 valence electrons. The van der Waals surface area contributed by atoms with Gasteiger partial charge in [0.05, 0.1) is 16.6 Å². The maximum atomic E-state index is 13.8. The Morgan fingerprint density at radius 3 is 2.44 bits per heavy atom. The van der Waals surface area contributed by atoms with Crippen LogP contribution in [0.15, 0.2) is 73.2 Å². The van der Waals surface area contributed by atoms with E-state index in [9.17, 15) is 22.8 Å². The highest BCUT2D eigenvalue weighted by molar-refractivity contribution is 5.98. The van der Waals surface area contributed by atoms with Gasteiger partial charge in [0, 0.05) is 31.0 Å². The van der Waals surface area contributed by atoms with Crippen LogP contribution in [0.2, 0.25) is 0 Å². The maximum Gasteiger partial charge on any atom is 0.417 e. The van der Waals surface area contributed by atoms with Crippen molar-refractivity contribution in [2.45, 2.75) is 12.2 Å². The number of pyridine rings is 1. The number of fused-ring (bicyclic) bond motifs is 1. The van der Waals surface area contributed by atoms with Gasteiger partial charge in [-0.05, 0) is 11.6 Å². The summed E-state index contributed by atoms with van der Waals surface area (Å²) in [5.41, 5.74) is -1.10. The van der Waals surface area contributed by atoms with Crippen LogP contribution in [0.1, 0.15) is 33.4 Å². The fraction of sp³-hybridized carbons (Fsp3) is 0.167. The van der Waals surface area contributed by atoms with Crippen LogP contribution in [0, 0.1) is 0 Å². The molecule has 2 aromatic carbocycles. The molecule has 34 heavy (non-hydrogen) atoms. The predicted octanol–water partition coefficient (Wildman–Crippen LogP) is 4.05. The highest BCUT2D eigenvalue weighted by Gasteiger charge is 2.38. The average molecular weight is 468 g/mol. The largest absolute Gasteiger partial charge is 0.452 e. The van der Waals surface area contributed by atoms with Crippen molar-refractivity contribution in [3.63, 3.8) is 0 Å². The molecule has 1 amide bonds. The number of carbonyl (C=O) groups excluding carboxylic acids is 2. The van der Waals surface area contributed by atoms with Gasteiger partial charge in [-0.15, -0.1) is 0 Å². The lowest BCUT2D eigenvalue weighted by Gasteiger charge is -2.19. The van der Waals surface area contributed by atoms with Crippen LogP contribution in [0.5, 0.6) is 0 Å². The molecular weight excluding hydrogens is 449 g/mol. The van der Waals surface area contributed by atoms with Crippen LogP contribution in [-0.4, -0.2) is 33.0 Å². The molecule has 0 fully saturated rings. The number of esters is 1. The second-order valence-electron chi connectivity index (χ2n) is 7.45. The quantitative estimate of drug-likeness (QED) is 0.432. The Morgan fingerprint density at radius 2 is 1.76 bits per heavy atom. The number of hydrogen-bond acceptors (Lipinski definition) is 5. The van der Waals surface area contributed by atoms with Gasteiger partial charge in [-0.2, -0.15) is 13.2 Å². The molecule has 0 saturated heterocycles. The Kier molecular flexibility index (Phi) is 6.31. The zero-order valence-corrected chi connectivity index (χ0v) is 17.9. The lowest BCUT2D eigenvalue weighted by atomic mass is 10.0. The number of nitrogens with zero attached hydrogens (tertiary/aromatic N) is 3. The van der Waals surface area contributed by atoms with E-state index in [-0.39, 0.29) is 10.9 Å². The summed E-state index contributed by atoms with van der Waals surface area (Å²) in [5.74, 6) is -1.47. The van der Waals surface area contributed by atoms with Crippen molar-refractivity contribution in [1.82, 2.24) is 19.9 Å². The first-order valence-corrected chi connectivity index (χ1v) is 10.2. The first-order chi connectivity index (χ1) is 16.3. The summed E-state index contributed by atoms with van der Waals surface area (Å²) < 4.78 is 48.0. The van der Waals surface area contributed by atoms with Crippen LogP contribution in [0.3, 0.4) is 0 Å². The maximum absolute atomic E-state index is 13.8. The number of benzene rings is 2. The Morgan fingerprint density at radius 1 is 1.06 bits per heavy atom. The van der Waals surface area contributed by atoms with Gasteiger partial charge in [-0.3, -0.25) is 9.78 Å². The second-order valence-corrected chi connectivity index (χ2v) is 7.45. The fourth-order valence-corrected chi connectivity index (χ4v) is 3.61. The Labute approximate surface area is 192 Å². The summed E-state index contributed by atoms with van der Waals surface area (Å²) in [6, 6.07) is 13.9. The minimum absolute atomic E-state index is 0.0879. The van der Waals surface area contributed by atoms with E-state index in [1.54, 1.807) is 54.3 Å². The van der Waals surface area contributed by atoms with Crippen molar-refractivity contribution >= 4 is 22.8 Å². The number of imidazole rings is 1. The molecule has 1 N–H and O–H groups in total. The van der Waals surface area contributed by atoms with E-state index < -0.39 is 41.8 Å². The molecule has 0 spiro atoms. The number of hydrogen-bond donors (Lipinski definition) is 1. The van der Waals surface area contributed by atoms with Gasteiger partial charge >= 0.3 is 12.1 Å². The summed E-state index contributed by atoms with van der Waals surface area (Å²) in [4.78, 5) is 33.3. The van der Waals surface area contributed by atoms with Gasteiger partial charge < -0.3 is 14.6 Å². The number of aromatic nitrogens is 3. The number of ether oxygens (including phenoxy) is 1. The third kappa shape index (κ3) is 4.75. The van der Waals surface area contributed by atoms with Crippen molar-refractivity contribution in [1.29, 1.82) is 0 Å². The highest BCUT2D eigenvalue weighted by atomic mass is 19.4. The standard InChI is InChI=1S/C24H19F3N4O3/c1-31-12-11-28-22(31)21(15-7-3-2-4-8-15)30-19(32)14-34-23(33)17-13-29-18-10-6-5-9-16(18)20(17)24(25,26)27/h2-13,21H,14H2,1H3,(H,30,32). The first kappa shape index (κ1) is 23.0. The number of rotatable bonds is 6. The van der Waals surface area contributed by atoms with E-state index in [1.807, 2.05) is 6.07 Å². The van der Waals surface area contributed by atoms with Crippen LogP contribution < -0.4 is 5.32 Å². The van der Waals surface area contributed by atoms with Crippen molar-refractivity contribution in [2.24, 2.45) is 7.05 Å². The molecule has 0 saturated carbocycles. The van der Waals surface area contributed by atoms with Crippen molar-refractivity contribution < 1.29 is 27.5 Å². The van der Waals surface area contributed by atoms with Gasteiger partial charge in [-0.1, -0.05) is 48.5 Å². The normalized spacial score (nSPS) is 12.4. The second kappa shape index (κ2) is 9.34. The Bertz CT molecular complexity index is 1340. The van der Waals surface area contributed by atoms with E-state index in [1.165, 1.54) is 18.2 Å². The van der Waals surface area contributed by atoms with Crippen LogP contribution in [0.4, 0.5) is 13.2 Å². The molecule has 0 radical (unpaired) electrons. The number of halogens is 3. The number of nitrogens with one attached hydrogen (secondary N) is 1. The number of carbonyl (C=O) groups is 2. The van der Waals surface area contributed by atoms with Crippen LogP contribution >= 0.6 is 0 Å². The highest BCUT2D eigenvalue weighted by Crippen LogP contribution is 2.37. The number of para-hydroxylation sites is 1. The third-order valence-electron chi connectivity index (χ3n) is 5.17. The van der Waals surface area contributed by atoms with Gasteiger partial charge in [0.2, 0.25) is 0 Å². The van der Waals surface area contributed by atoms with Gasteiger partial charge in [0.1, 0.15) is 11.9 Å². The van der Waals surface area contributed by atoms with Gasteiger partial charge in [0.15, 0.2) is 6.61 Å². The molecule has 7 nitrogen and oxygen atoms in total. The fourth-order valence-electron chi connectivity index (χ4n) is 3.61. The van der Waals surface area contributed by atoms with E-state index in [4.69, 9.17) is 4.74 Å². The van der Waals surface area contributed by atoms with E-state index in [2.05, 4.69) is 15.3 Å². The topological polar surface area (TPSA) is 86.1 Å². The number of aryl methyl sites for hydroxylation is 1. The monoisotopic (exact) mass is 468 g/mol. The van der Waals surface area contributed by atoms with Crippen molar-refractivity contribution in [3.8, 4) is 0 Å². The molecule has 2 heterocycles. The summed E-state index contributed by atoms with van der Waals surface area (Å²) in [7, 11) is 1.76. The summed E-state index contributed by atoms with van der Waals surface area (Å²) in [5, 5.41) is 2.49. The van der Waals surface area contributed by atoms with Gasteiger partial charge in [-0.25, -0.2) is 9.78 Å². The minimum Gasteiger partial charge on any atom is -0.452 e. The molecule has 10 heteroatoms. The SMILES string of the molecule is Cn1ccnc1C(NC(=O)COC(=O)c1cnc2ccccc2c1C(F)(F)F)c1ccccc1. The number of alkyl halides is 3. The molecule has 4 rings (SSSR count). The molecule has 2 aromatic heterocycles. The molecule has 4 aromatic rings. The van der Waals surface area contributed by atoms with Gasteiger partial charge in [0.25, 0.3) is 5.91 Å². The molecule has 0 aliphatic rings. The van der Waals surface area contributed by atoms with Crippen LogP contribution in [0.25, 0.3) is 10.9 Å². The molecule has 1 unspecified atom stereocenters. The van der Waals surface area contributed by atoms with E-state index >= 15 is 0 Å². The van der Waals surface area contributed by atoms with E-state index in [0.29, 0.717) is 5.82 Å². The lowest BCUT2D eigenvalue weighted by molar-refractivity contribution is -0.136. The molecule has 0 bridgehead atoms. The minimum atomic E-state index is -4.82. The lowest BCUT2D eigenvalue weighted by Crippen LogP contribution is -2.34. The number of amides is 1. The zero-order chi connectivity index (χ0) is 24.3. The zero-order valence-electron chi connectivity index (χ0n) is 17.9. The van der Waals surface area contributed by atoms with Crippen molar-refractivity contribution in [2.75, 3.05) is 6.61 Å². The first-order valence-electron chi connectivity index (χ1n) is 10.2. The predicted molar refractivity (Wildman–Crippen MR) is 117 cm³/mol. The molecule has 1 atom stereocenters.